The highest BCUT2D eigenvalue weighted by atomic mass is 16.3. The lowest BCUT2D eigenvalue weighted by molar-refractivity contribution is -0.127. The third-order valence-corrected chi connectivity index (χ3v) is 3.99. The van der Waals surface area contributed by atoms with E-state index >= 15 is 0 Å². The molecule has 0 spiro atoms. The maximum atomic E-state index is 11.9. The predicted molar refractivity (Wildman–Crippen MR) is 69.6 cm³/mol. The molecule has 1 amide bonds. The van der Waals surface area contributed by atoms with Gasteiger partial charge in [-0.2, -0.15) is 0 Å². The first-order chi connectivity index (χ1) is 7.84. The molecular formula is C14H27NO2. The first-order valence-corrected chi connectivity index (χ1v) is 6.75. The van der Waals surface area contributed by atoms with E-state index in [0.29, 0.717) is 5.41 Å². The first kappa shape index (κ1) is 14.5. The van der Waals surface area contributed by atoms with Gasteiger partial charge in [0.2, 0.25) is 5.91 Å². The van der Waals surface area contributed by atoms with Gasteiger partial charge in [0.05, 0.1) is 6.61 Å². The van der Waals surface area contributed by atoms with Crippen LogP contribution in [0.15, 0.2) is 0 Å². The maximum Gasteiger partial charge on any atom is 0.223 e. The summed E-state index contributed by atoms with van der Waals surface area (Å²) in [6, 6.07) is -0.122. The van der Waals surface area contributed by atoms with E-state index in [1.54, 1.807) is 0 Å². The Hall–Kier alpha value is -0.570. The fourth-order valence-corrected chi connectivity index (χ4v) is 2.63. The third kappa shape index (κ3) is 4.30. The van der Waals surface area contributed by atoms with Gasteiger partial charge in [0, 0.05) is 12.0 Å². The Morgan fingerprint density at radius 3 is 2.24 bits per heavy atom. The molecule has 1 atom stereocenters. The van der Waals surface area contributed by atoms with E-state index < -0.39 is 0 Å². The fraction of sp³-hybridized carbons (Fsp3) is 0.929. The monoisotopic (exact) mass is 241 g/mol. The van der Waals surface area contributed by atoms with Gasteiger partial charge in [0.1, 0.15) is 0 Å². The Morgan fingerprint density at radius 2 is 1.82 bits per heavy atom. The molecule has 1 aliphatic rings. The fourth-order valence-electron chi connectivity index (χ4n) is 2.63. The van der Waals surface area contributed by atoms with E-state index in [-0.39, 0.29) is 24.5 Å². The summed E-state index contributed by atoms with van der Waals surface area (Å²) in [5, 5.41) is 11.8. The molecule has 1 saturated carbocycles. The second-order valence-electron chi connectivity index (χ2n) is 6.51. The molecule has 0 aromatic heterocycles. The van der Waals surface area contributed by atoms with Crippen molar-refractivity contribution in [3.05, 3.63) is 0 Å². The molecule has 0 aromatic rings. The molecule has 0 heterocycles. The van der Waals surface area contributed by atoms with Crippen LogP contribution >= 0.6 is 0 Å². The van der Waals surface area contributed by atoms with E-state index in [4.69, 9.17) is 5.11 Å². The molecule has 0 saturated heterocycles. The molecule has 1 fully saturated rings. The Morgan fingerprint density at radius 1 is 1.29 bits per heavy atom. The van der Waals surface area contributed by atoms with Gasteiger partial charge in [0.25, 0.3) is 0 Å². The first-order valence-electron chi connectivity index (χ1n) is 6.75. The zero-order chi connectivity index (χ0) is 13.1. The van der Waals surface area contributed by atoms with E-state index in [2.05, 4.69) is 26.1 Å². The van der Waals surface area contributed by atoms with Crippen molar-refractivity contribution in [3.8, 4) is 0 Å². The number of nitrogens with one attached hydrogen (secondary N) is 1. The van der Waals surface area contributed by atoms with Crippen molar-refractivity contribution in [3.63, 3.8) is 0 Å². The van der Waals surface area contributed by atoms with Crippen LogP contribution in [0.3, 0.4) is 0 Å². The predicted octanol–water partition coefficient (Wildman–Crippen LogP) is 2.34. The summed E-state index contributed by atoms with van der Waals surface area (Å²) >= 11 is 0. The Bertz CT molecular complexity index is 249. The molecule has 0 radical (unpaired) electrons. The summed E-state index contributed by atoms with van der Waals surface area (Å²) in [6.45, 7) is 8.70. The van der Waals surface area contributed by atoms with Crippen molar-refractivity contribution in [2.75, 3.05) is 6.61 Å². The summed E-state index contributed by atoms with van der Waals surface area (Å²) in [6.07, 6.45) is 4.28. The molecule has 0 aromatic carbocycles. The molecular weight excluding hydrogens is 214 g/mol. The second-order valence-corrected chi connectivity index (χ2v) is 6.51. The number of aliphatic hydroxyl groups is 1. The molecule has 2 N–H and O–H groups in total. The molecule has 0 aliphatic heterocycles. The molecule has 1 unspecified atom stereocenters. The largest absolute Gasteiger partial charge is 0.394 e. The van der Waals surface area contributed by atoms with Crippen LogP contribution in [-0.2, 0) is 4.79 Å². The van der Waals surface area contributed by atoms with Crippen LogP contribution in [0.4, 0.5) is 0 Å². The van der Waals surface area contributed by atoms with Crippen LogP contribution in [0.5, 0.6) is 0 Å². The summed E-state index contributed by atoms with van der Waals surface area (Å²) < 4.78 is 0. The molecule has 1 rings (SSSR count). The van der Waals surface area contributed by atoms with Gasteiger partial charge in [-0.3, -0.25) is 4.79 Å². The highest BCUT2D eigenvalue weighted by molar-refractivity contribution is 5.78. The lowest BCUT2D eigenvalue weighted by Crippen LogP contribution is -2.41. The lowest BCUT2D eigenvalue weighted by atomic mass is 9.69. The standard InChI is InChI=1S/C14H27NO2/c1-10(9-16)15-13(17)11-5-7-12(8-6-11)14(2,3)4/h10-12,16H,5-9H2,1-4H3,(H,15,17). The number of hydrogen-bond acceptors (Lipinski definition) is 2. The average Bonchev–Trinajstić information content (AvgIpc) is 2.27. The summed E-state index contributed by atoms with van der Waals surface area (Å²) in [5.74, 6) is 1.02. The number of carbonyl (C=O) groups is 1. The second kappa shape index (κ2) is 5.85. The van der Waals surface area contributed by atoms with Crippen LogP contribution in [0.1, 0.15) is 53.4 Å². The van der Waals surface area contributed by atoms with Crippen molar-refractivity contribution < 1.29 is 9.90 Å². The zero-order valence-corrected chi connectivity index (χ0v) is 11.6. The molecule has 3 heteroatoms. The van der Waals surface area contributed by atoms with Gasteiger partial charge in [-0.15, -0.1) is 0 Å². The number of carbonyl (C=O) groups excluding carboxylic acids is 1. The van der Waals surface area contributed by atoms with Gasteiger partial charge in [-0.25, -0.2) is 0 Å². The van der Waals surface area contributed by atoms with E-state index in [0.717, 1.165) is 31.6 Å². The highest BCUT2D eigenvalue weighted by Crippen LogP contribution is 2.39. The number of aliphatic hydroxyl groups excluding tert-OH is 1. The number of rotatable bonds is 3. The molecule has 17 heavy (non-hydrogen) atoms. The van der Waals surface area contributed by atoms with E-state index in [9.17, 15) is 4.79 Å². The van der Waals surface area contributed by atoms with Gasteiger partial charge >= 0.3 is 0 Å². The molecule has 3 nitrogen and oxygen atoms in total. The Labute approximate surface area is 105 Å². The summed E-state index contributed by atoms with van der Waals surface area (Å²) in [4.78, 5) is 11.9. The lowest BCUT2D eigenvalue weighted by Gasteiger charge is -2.36. The minimum Gasteiger partial charge on any atom is -0.394 e. The van der Waals surface area contributed by atoms with Crippen LogP contribution in [0.25, 0.3) is 0 Å². The van der Waals surface area contributed by atoms with E-state index in [1.165, 1.54) is 0 Å². The van der Waals surface area contributed by atoms with Crippen molar-refractivity contribution in [1.82, 2.24) is 5.32 Å². The Kier molecular flexibility index (Phi) is 4.99. The van der Waals surface area contributed by atoms with Gasteiger partial charge in [0.15, 0.2) is 0 Å². The SMILES string of the molecule is CC(CO)NC(=O)C1CCC(C(C)(C)C)CC1. The maximum absolute atomic E-state index is 11.9. The van der Waals surface area contributed by atoms with Crippen LogP contribution < -0.4 is 5.32 Å². The van der Waals surface area contributed by atoms with Crippen LogP contribution in [-0.4, -0.2) is 23.7 Å². The Balaban J connectivity index is 2.39. The topological polar surface area (TPSA) is 49.3 Å². The van der Waals surface area contributed by atoms with Gasteiger partial charge in [-0.1, -0.05) is 20.8 Å². The summed E-state index contributed by atoms with van der Waals surface area (Å²) in [5.41, 5.74) is 0.361. The minimum absolute atomic E-state index is 0.0169. The highest BCUT2D eigenvalue weighted by Gasteiger charge is 2.32. The van der Waals surface area contributed by atoms with E-state index in [1.807, 2.05) is 6.92 Å². The average molecular weight is 241 g/mol. The third-order valence-electron chi connectivity index (χ3n) is 3.99. The molecule has 1 aliphatic carbocycles. The van der Waals surface area contributed by atoms with Crippen molar-refractivity contribution in [2.24, 2.45) is 17.3 Å². The zero-order valence-electron chi connectivity index (χ0n) is 11.6. The van der Waals surface area contributed by atoms with Crippen molar-refractivity contribution in [1.29, 1.82) is 0 Å². The molecule has 100 valence electrons. The van der Waals surface area contributed by atoms with Crippen LogP contribution in [0.2, 0.25) is 0 Å². The normalized spacial score (nSPS) is 27.6. The summed E-state index contributed by atoms with van der Waals surface area (Å²) in [7, 11) is 0. The van der Waals surface area contributed by atoms with Crippen molar-refractivity contribution >= 4 is 5.91 Å². The number of hydrogen-bond donors (Lipinski definition) is 2. The quantitative estimate of drug-likeness (QED) is 0.797. The van der Waals surface area contributed by atoms with Crippen LogP contribution in [0, 0.1) is 17.3 Å². The number of amides is 1. The smallest absolute Gasteiger partial charge is 0.223 e. The minimum atomic E-state index is -0.122. The van der Waals surface area contributed by atoms with Gasteiger partial charge < -0.3 is 10.4 Å². The van der Waals surface area contributed by atoms with Crippen molar-refractivity contribution in [2.45, 2.75) is 59.4 Å². The molecule has 0 bridgehead atoms. The van der Waals surface area contributed by atoms with Gasteiger partial charge in [-0.05, 0) is 43.9 Å².